The Kier molecular flexibility index (Phi) is 8.11. The number of aromatic nitrogens is 1. The van der Waals surface area contributed by atoms with Crippen LogP contribution in [0.5, 0.6) is 0 Å². The zero-order valence-electron chi connectivity index (χ0n) is 22.2. The highest BCUT2D eigenvalue weighted by atomic mass is 32.2. The van der Waals surface area contributed by atoms with Gasteiger partial charge in [0.25, 0.3) is 0 Å². The molecule has 204 valence electrons. The highest BCUT2D eigenvalue weighted by molar-refractivity contribution is 7.89. The first kappa shape index (κ1) is 27.1. The number of hydrogen-bond donors (Lipinski definition) is 0. The quantitative estimate of drug-likeness (QED) is 0.359. The van der Waals surface area contributed by atoms with Crippen LogP contribution >= 0.6 is 0 Å². The summed E-state index contributed by atoms with van der Waals surface area (Å²) in [7, 11) is -3.42. The maximum atomic E-state index is 13.0. The lowest BCUT2D eigenvalue weighted by Crippen LogP contribution is -2.48. The van der Waals surface area contributed by atoms with E-state index < -0.39 is 15.8 Å². The highest BCUT2D eigenvalue weighted by Gasteiger charge is 2.33. The molecule has 3 heterocycles. The van der Waals surface area contributed by atoms with E-state index in [1.54, 1.807) is 22.5 Å². The fraction of sp³-hybridized carbons (Fsp3) is 0.333. The molecule has 0 atom stereocenters. The summed E-state index contributed by atoms with van der Waals surface area (Å²) >= 11 is 0. The minimum atomic E-state index is -3.42. The van der Waals surface area contributed by atoms with E-state index in [2.05, 4.69) is 46.3 Å². The lowest BCUT2D eigenvalue weighted by Gasteiger charge is -2.41. The zero-order chi connectivity index (χ0) is 27.4. The second-order valence-electron chi connectivity index (χ2n) is 9.88. The molecule has 9 heteroatoms. The molecular weight excluding hydrogens is 514 g/mol. The van der Waals surface area contributed by atoms with Gasteiger partial charge >= 0.3 is 5.76 Å². The van der Waals surface area contributed by atoms with Gasteiger partial charge in [-0.15, -0.1) is 0 Å². The van der Waals surface area contributed by atoms with Crippen LogP contribution in [0.15, 0.2) is 87.1 Å². The number of anilines is 1. The Bertz CT molecular complexity index is 1590. The summed E-state index contributed by atoms with van der Waals surface area (Å²) < 4.78 is 38.0. The van der Waals surface area contributed by atoms with Crippen LogP contribution in [-0.2, 0) is 27.8 Å². The van der Waals surface area contributed by atoms with Crippen molar-refractivity contribution in [1.29, 1.82) is 0 Å². The molecule has 8 nitrogen and oxygen atoms in total. The monoisotopic (exact) mass is 547 g/mol. The predicted octanol–water partition coefficient (Wildman–Crippen LogP) is 4.89. The average molecular weight is 548 g/mol. The third-order valence-electron chi connectivity index (χ3n) is 7.30. The minimum Gasteiger partial charge on any atom is -0.416 e. The smallest absolute Gasteiger partial charge is 0.416 e. The molecule has 39 heavy (non-hydrogen) atoms. The second-order valence-corrected chi connectivity index (χ2v) is 11.8. The predicted molar refractivity (Wildman–Crippen MR) is 151 cm³/mol. The fourth-order valence-electron chi connectivity index (χ4n) is 5.10. The molecule has 2 aliphatic rings. The summed E-state index contributed by atoms with van der Waals surface area (Å²) in [6.45, 7) is 6.47. The van der Waals surface area contributed by atoms with Gasteiger partial charge in [0.15, 0.2) is 0 Å². The Hall–Kier alpha value is -3.53. The third-order valence-corrected chi connectivity index (χ3v) is 9.21. The molecule has 3 aromatic carbocycles. The molecule has 1 fully saturated rings. The van der Waals surface area contributed by atoms with Crippen molar-refractivity contribution in [3.8, 4) is 0 Å². The van der Waals surface area contributed by atoms with Crippen LogP contribution in [0.3, 0.4) is 0 Å². The van der Waals surface area contributed by atoms with Gasteiger partial charge in [-0.1, -0.05) is 48.9 Å². The van der Waals surface area contributed by atoms with Gasteiger partial charge in [-0.2, -0.15) is 9.29 Å². The van der Waals surface area contributed by atoms with Gasteiger partial charge in [0.05, 0.1) is 17.0 Å². The number of hydrogen-bond acceptors (Lipinski definition) is 7. The molecule has 2 aliphatic heterocycles. The SMILES string of the molecule is CCc1ccc(S(=O)(=O)N2CCC(N3COCc4cc(C)ccc43)CC2)cc1.O=c1nc2ccccc2co1. The van der Waals surface area contributed by atoms with Crippen molar-refractivity contribution < 1.29 is 17.6 Å². The van der Waals surface area contributed by atoms with Gasteiger partial charge in [-0.25, -0.2) is 13.2 Å². The first-order valence-corrected chi connectivity index (χ1v) is 14.7. The second kappa shape index (κ2) is 11.7. The molecule has 0 radical (unpaired) electrons. The van der Waals surface area contributed by atoms with Crippen LogP contribution in [0.2, 0.25) is 0 Å². The molecule has 0 bridgehead atoms. The van der Waals surface area contributed by atoms with Gasteiger partial charge in [-0.05, 0) is 62.1 Å². The van der Waals surface area contributed by atoms with Crippen LogP contribution in [0, 0.1) is 6.92 Å². The largest absolute Gasteiger partial charge is 0.439 e. The van der Waals surface area contributed by atoms with Crippen molar-refractivity contribution in [2.24, 2.45) is 0 Å². The fourth-order valence-corrected chi connectivity index (χ4v) is 6.57. The Morgan fingerprint density at radius 2 is 1.74 bits per heavy atom. The third kappa shape index (κ3) is 6.06. The number of aryl methyl sites for hydroxylation is 2. The molecule has 1 saturated heterocycles. The van der Waals surface area contributed by atoms with Crippen molar-refractivity contribution in [3.05, 3.63) is 100 Å². The summed E-state index contributed by atoms with van der Waals surface area (Å²) in [5.74, 6) is -0.552. The van der Waals surface area contributed by atoms with Crippen LogP contribution in [0.1, 0.15) is 36.5 Å². The highest BCUT2D eigenvalue weighted by Crippen LogP contribution is 2.32. The lowest BCUT2D eigenvalue weighted by molar-refractivity contribution is 0.0987. The van der Waals surface area contributed by atoms with E-state index in [1.807, 2.05) is 30.3 Å². The first-order chi connectivity index (χ1) is 18.8. The maximum Gasteiger partial charge on any atom is 0.439 e. The van der Waals surface area contributed by atoms with E-state index >= 15 is 0 Å². The maximum absolute atomic E-state index is 13.0. The summed E-state index contributed by atoms with van der Waals surface area (Å²) in [5.41, 5.74) is 5.50. The van der Waals surface area contributed by atoms with Crippen molar-refractivity contribution >= 4 is 26.6 Å². The number of ether oxygens (including phenoxy) is 1. The van der Waals surface area contributed by atoms with E-state index in [0.717, 1.165) is 30.2 Å². The van der Waals surface area contributed by atoms with Gasteiger partial charge in [0.2, 0.25) is 10.0 Å². The zero-order valence-corrected chi connectivity index (χ0v) is 23.1. The molecule has 6 rings (SSSR count). The van der Waals surface area contributed by atoms with Gasteiger partial charge in [0, 0.05) is 35.8 Å². The molecule has 0 unspecified atom stereocenters. The number of rotatable bonds is 4. The molecule has 4 aromatic rings. The number of sulfonamides is 1. The van der Waals surface area contributed by atoms with Crippen molar-refractivity contribution in [3.63, 3.8) is 0 Å². The topological polar surface area (TPSA) is 93.0 Å². The molecular formula is C30H33N3O5S. The molecule has 0 amide bonds. The van der Waals surface area contributed by atoms with Crippen LogP contribution in [-0.4, -0.2) is 43.6 Å². The molecule has 0 N–H and O–H groups in total. The Morgan fingerprint density at radius 3 is 2.49 bits per heavy atom. The molecule has 0 spiro atoms. The molecule has 0 aliphatic carbocycles. The molecule has 1 aromatic heterocycles. The standard InChI is InChI=1S/C22H28N2O3S.C8H5NO2/c1-3-18-5-7-21(8-6-18)28(25,26)23-12-10-20(11-13-23)24-16-27-15-19-14-17(2)4-9-22(19)24;10-8-9-7-4-2-1-3-6(7)5-11-8/h4-9,14,20H,3,10-13,15-16H2,1-2H3;1-5H. The van der Waals surface area contributed by atoms with Crippen molar-refractivity contribution in [2.75, 3.05) is 24.7 Å². The Labute approximate surface area is 228 Å². The summed E-state index contributed by atoms with van der Waals surface area (Å²) in [4.78, 5) is 17.0. The van der Waals surface area contributed by atoms with Crippen LogP contribution in [0.4, 0.5) is 5.69 Å². The van der Waals surface area contributed by atoms with Gasteiger partial charge in [-0.3, -0.25) is 0 Å². The number of piperidine rings is 1. The van der Waals surface area contributed by atoms with E-state index in [9.17, 15) is 13.2 Å². The summed E-state index contributed by atoms with van der Waals surface area (Å²) in [6, 6.07) is 21.4. The average Bonchev–Trinajstić information content (AvgIpc) is 2.97. The van der Waals surface area contributed by atoms with E-state index in [1.165, 1.54) is 23.1 Å². The number of para-hydroxylation sites is 1. The first-order valence-electron chi connectivity index (χ1n) is 13.2. The van der Waals surface area contributed by atoms with Crippen molar-refractivity contribution in [1.82, 2.24) is 9.29 Å². The van der Waals surface area contributed by atoms with E-state index in [-0.39, 0.29) is 0 Å². The number of fused-ring (bicyclic) bond motifs is 2. The van der Waals surface area contributed by atoms with Crippen LogP contribution < -0.4 is 10.7 Å². The summed E-state index contributed by atoms with van der Waals surface area (Å²) in [5, 5.41) is 0.840. The normalized spacial score (nSPS) is 16.4. The van der Waals surface area contributed by atoms with E-state index in [0.29, 0.717) is 42.9 Å². The van der Waals surface area contributed by atoms with Crippen molar-refractivity contribution in [2.45, 2.75) is 50.7 Å². The Morgan fingerprint density at radius 1 is 1.00 bits per heavy atom. The number of benzene rings is 3. The van der Waals surface area contributed by atoms with Crippen LogP contribution in [0.25, 0.3) is 10.9 Å². The van der Waals surface area contributed by atoms with E-state index in [4.69, 9.17) is 4.74 Å². The lowest BCUT2D eigenvalue weighted by atomic mass is 10.0. The van der Waals surface area contributed by atoms with Gasteiger partial charge in [0.1, 0.15) is 13.0 Å². The Balaban J connectivity index is 0.000000233. The van der Waals surface area contributed by atoms with Gasteiger partial charge < -0.3 is 14.1 Å². The minimum absolute atomic E-state index is 0.302. The molecule has 0 saturated carbocycles. The summed E-state index contributed by atoms with van der Waals surface area (Å²) in [6.07, 6.45) is 3.93. The number of nitrogens with zero attached hydrogens (tertiary/aromatic N) is 3.